The van der Waals surface area contributed by atoms with Crippen LogP contribution in [-0.4, -0.2) is 42.1 Å². The Morgan fingerprint density at radius 3 is 1.28 bits per heavy atom. The van der Waals surface area contributed by atoms with Gasteiger partial charge in [0.2, 0.25) is 0 Å². The number of unbranched alkanes of at least 4 members (excludes halogenated alkanes) is 23. The second kappa shape index (κ2) is 36.9. The third-order valence-electron chi connectivity index (χ3n) is 8.67. The molecule has 0 saturated heterocycles. The molecule has 6 nitrogen and oxygen atoms in total. The maximum absolute atomic E-state index is 12.0. The molecule has 0 spiro atoms. The smallest absolute Gasteiger partial charge is 0.305 e. The summed E-state index contributed by atoms with van der Waals surface area (Å²) in [5, 5.41) is 10.0. The van der Waals surface area contributed by atoms with Crippen molar-refractivity contribution in [2.24, 2.45) is 0 Å². The Morgan fingerprint density at radius 1 is 0.489 bits per heavy atom. The van der Waals surface area contributed by atoms with Crippen molar-refractivity contribution < 1.29 is 29.0 Å². The van der Waals surface area contributed by atoms with E-state index in [2.05, 4.69) is 19.9 Å². The van der Waals surface area contributed by atoms with E-state index in [9.17, 15) is 19.5 Å². The number of hydrogen-bond acceptors (Lipinski definition) is 6. The van der Waals surface area contributed by atoms with Crippen molar-refractivity contribution in [2.45, 2.75) is 206 Å². The van der Waals surface area contributed by atoms with E-state index in [1.165, 1.54) is 109 Å². The van der Waals surface area contributed by atoms with E-state index >= 15 is 0 Å². The van der Waals surface area contributed by atoms with Gasteiger partial charge >= 0.3 is 11.9 Å². The summed E-state index contributed by atoms with van der Waals surface area (Å²) in [6.07, 6.45) is 39.1. The molecule has 0 amide bonds. The predicted octanol–water partition coefficient (Wildman–Crippen LogP) is 11.5. The number of esters is 2. The van der Waals surface area contributed by atoms with Crippen LogP contribution in [0.25, 0.3) is 0 Å². The summed E-state index contributed by atoms with van der Waals surface area (Å²) in [6.45, 7) is 4.16. The second-order valence-electron chi connectivity index (χ2n) is 13.4. The number of carbonyl (C=O) groups is 3. The summed E-state index contributed by atoms with van der Waals surface area (Å²) in [7, 11) is 0. The predicted molar refractivity (Wildman–Crippen MR) is 196 cm³/mol. The Morgan fingerprint density at radius 2 is 0.851 bits per heavy atom. The van der Waals surface area contributed by atoms with Crippen LogP contribution in [0.1, 0.15) is 200 Å². The van der Waals surface area contributed by atoms with Gasteiger partial charge in [-0.2, -0.15) is 0 Å². The molecule has 0 aromatic rings. The number of ether oxygens (including phenoxy) is 2. The zero-order valence-corrected chi connectivity index (χ0v) is 30.8. The van der Waals surface area contributed by atoms with E-state index in [1.807, 2.05) is 12.2 Å². The first-order valence-corrected chi connectivity index (χ1v) is 19.8. The number of aliphatic hydroxyl groups is 1. The monoisotopic (exact) mass is 663 g/mol. The highest BCUT2D eigenvalue weighted by Gasteiger charge is 2.12. The van der Waals surface area contributed by atoms with Gasteiger partial charge in [-0.15, -0.1) is 0 Å². The zero-order chi connectivity index (χ0) is 34.5. The molecule has 0 fully saturated rings. The van der Waals surface area contributed by atoms with Crippen molar-refractivity contribution in [3.8, 4) is 0 Å². The van der Waals surface area contributed by atoms with Crippen molar-refractivity contribution in [3.63, 3.8) is 0 Å². The first-order valence-electron chi connectivity index (χ1n) is 19.8. The van der Waals surface area contributed by atoms with Gasteiger partial charge in [-0.05, 0) is 38.2 Å². The topological polar surface area (TPSA) is 89.9 Å². The van der Waals surface area contributed by atoms with Gasteiger partial charge in [0.1, 0.15) is 19.3 Å². The van der Waals surface area contributed by atoms with Crippen LogP contribution in [-0.2, 0) is 23.9 Å². The Kier molecular flexibility index (Phi) is 35.3. The van der Waals surface area contributed by atoms with Gasteiger partial charge in [0.05, 0.1) is 0 Å². The lowest BCUT2D eigenvalue weighted by molar-refractivity contribution is -0.152. The van der Waals surface area contributed by atoms with Crippen molar-refractivity contribution >= 4 is 17.7 Å². The Balaban J connectivity index is 3.49. The normalized spacial score (nSPS) is 12.2. The van der Waals surface area contributed by atoms with Crippen LogP contribution in [0, 0.1) is 0 Å². The molecule has 1 N–H and O–H groups in total. The number of allylic oxidation sites excluding steroid dienone is 4. The van der Waals surface area contributed by atoms with Gasteiger partial charge in [0.15, 0.2) is 5.78 Å². The highest BCUT2D eigenvalue weighted by atomic mass is 16.6. The molecule has 6 heteroatoms. The summed E-state index contributed by atoms with van der Waals surface area (Å²) in [6, 6.07) is 0. The van der Waals surface area contributed by atoms with Crippen LogP contribution in [0.15, 0.2) is 24.3 Å². The summed E-state index contributed by atoms with van der Waals surface area (Å²) in [5.74, 6) is -0.489. The van der Waals surface area contributed by atoms with Crippen LogP contribution in [0.3, 0.4) is 0 Å². The van der Waals surface area contributed by atoms with Gasteiger partial charge in [-0.25, -0.2) is 0 Å². The van der Waals surface area contributed by atoms with E-state index in [0.717, 1.165) is 57.8 Å². The third-order valence-corrected chi connectivity index (χ3v) is 8.67. The molecule has 0 aromatic carbocycles. The molecule has 0 aliphatic heterocycles. The zero-order valence-electron chi connectivity index (χ0n) is 30.8. The lowest BCUT2D eigenvalue weighted by Crippen LogP contribution is -2.25. The van der Waals surface area contributed by atoms with E-state index in [0.29, 0.717) is 19.3 Å². The Hall–Kier alpha value is -1.95. The van der Waals surface area contributed by atoms with Crippen LogP contribution < -0.4 is 0 Å². The lowest BCUT2D eigenvalue weighted by Gasteiger charge is -2.12. The molecular formula is C41H74O6. The molecule has 47 heavy (non-hydrogen) atoms. The molecule has 0 saturated carbocycles. The van der Waals surface area contributed by atoms with Crippen molar-refractivity contribution in [2.75, 3.05) is 13.2 Å². The maximum atomic E-state index is 12.0. The minimum Gasteiger partial charge on any atom is -0.463 e. The van der Waals surface area contributed by atoms with Crippen LogP contribution in [0.2, 0.25) is 0 Å². The summed E-state index contributed by atoms with van der Waals surface area (Å²) < 4.78 is 10.3. The van der Waals surface area contributed by atoms with Crippen LogP contribution in [0.4, 0.5) is 0 Å². The maximum Gasteiger partial charge on any atom is 0.305 e. The quantitative estimate of drug-likeness (QED) is 0.0311. The molecule has 0 rings (SSSR count). The minimum atomic E-state index is -0.999. The average Bonchev–Trinajstić information content (AvgIpc) is 3.06. The number of carbonyl (C=O) groups excluding carboxylic acids is 3. The number of aliphatic hydroxyl groups excluding tert-OH is 1. The van der Waals surface area contributed by atoms with Crippen molar-refractivity contribution in [1.29, 1.82) is 0 Å². The Bertz CT molecular complexity index is 774. The second-order valence-corrected chi connectivity index (χ2v) is 13.4. The van der Waals surface area contributed by atoms with Gasteiger partial charge < -0.3 is 14.6 Å². The van der Waals surface area contributed by atoms with Gasteiger partial charge in [-0.1, -0.05) is 167 Å². The fourth-order valence-electron chi connectivity index (χ4n) is 5.60. The number of ketones is 1. The SMILES string of the molecule is CCCCC/C=C\C=C\C(=O)CCCCCCCC(=O)OC[C@@H](O)COC(=O)CCCCCCCCCCCCCCCCCCC. The molecule has 0 bridgehead atoms. The lowest BCUT2D eigenvalue weighted by atomic mass is 10.0. The first-order chi connectivity index (χ1) is 23.0. The average molecular weight is 663 g/mol. The largest absolute Gasteiger partial charge is 0.463 e. The fourth-order valence-corrected chi connectivity index (χ4v) is 5.60. The molecular weight excluding hydrogens is 588 g/mol. The molecule has 0 heterocycles. The molecule has 0 aliphatic carbocycles. The van der Waals surface area contributed by atoms with Crippen LogP contribution >= 0.6 is 0 Å². The van der Waals surface area contributed by atoms with E-state index in [4.69, 9.17) is 9.47 Å². The number of rotatable bonds is 36. The van der Waals surface area contributed by atoms with Crippen molar-refractivity contribution in [3.05, 3.63) is 24.3 Å². The highest BCUT2D eigenvalue weighted by Crippen LogP contribution is 2.15. The summed E-state index contributed by atoms with van der Waals surface area (Å²) in [4.78, 5) is 35.8. The van der Waals surface area contributed by atoms with Gasteiger partial charge in [-0.3, -0.25) is 14.4 Å². The summed E-state index contributed by atoms with van der Waals surface area (Å²) in [5.41, 5.74) is 0. The Labute approximate surface area is 289 Å². The molecule has 0 aliphatic rings. The minimum absolute atomic E-state index is 0.145. The molecule has 0 radical (unpaired) electrons. The van der Waals surface area contributed by atoms with E-state index in [-0.39, 0.29) is 30.9 Å². The van der Waals surface area contributed by atoms with E-state index in [1.54, 1.807) is 6.08 Å². The third kappa shape index (κ3) is 36.7. The molecule has 274 valence electrons. The van der Waals surface area contributed by atoms with Crippen molar-refractivity contribution in [1.82, 2.24) is 0 Å². The molecule has 0 unspecified atom stereocenters. The van der Waals surface area contributed by atoms with Gasteiger partial charge in [0, 0.05) is 19.3 Å². The van der Waals surface area contributed by atoms with E-state index < -0.39 is 6.10 Å². The standard InChI is InChI=1S/C41H74O6/c1-3-5-7-9-11-12-13-14-15-16-17-18-19-20-22-26-30-34-40(44)46-36-39(43)37-47-41(45)35-31-27-23-25-29-33-38(42)32-28-24-21-10-8-6-4-2/h21,24,28,32,39,43H,3-20,22-23,25-27,29-31,33-37H2,1-2H3/b24-21-,32-28+/t39-/m0/s1. The first kappa shape index (κ1) is 45.0. The highest BCUT2D eigenvalue weighted by molar-refractivity contribution is 5.89. The molecule has 0 aromatic heterocycles. The van der Waals surface area contributed by atoms with Crippen LogP contribution in [0.5, 0.6) is 0 Å². The molecule has 1 atom stereocenters. The summed E-state index contributed by atoms with van der Waals surface area (Å²) >= 11 is 0. The number of hydrogen-bond donors (Lipinski definition) is 1. The van der Waals surface area contributed by atoms with Gasteiger partial charge in [0.25, 0.3) is 0 Å². The fraction of sp³-hybridized carbons (Fsp3) is 0.829.